The standard InChI is InChI=1S/C8H6Br2F3NO2S/c9-5-1-2-6(10)7(3-5)17(15,16)14-4-8(11,12)13/h1-3,14H,4H2. The number of halogens is 5. The van der Waals surface area contributed by atoms with Crippen LogP contribution in [0.15, 0.2) is 32.0 Å². The molecule has 1 aromatic rings. The van der Waals surface area contributed by atoms with Crippen molar-refractivity contribution in [3.8, 4) is 0 Å². The minimum absolute atomic E-state index is 0.190. The molecule has 0 aromatic heterocycles. The molecule has 1 aromatic carbocycles. The van der Waals surface area contributed by atoms with E-state index in [0.717, 1.165) is 0 Å². The first-order valence-corrected chi connectivity index (χ1v) is 7.20. The Hall–Kier alpha value is -0.120. The molecule has 0 radical (unpaired) electrons. The van der Waals surface area contributed by atoms with Crippen molar-refractivity contribution >= 4 is 41.9 Å². The molecule has 0 aliphatic carbocycles. The van der Waals surface area contributed by atoms with Crippen molar-refractivity contribution in [2.45, 2.75) is 11.1 Å². The van der Waals surface area contributed by atoms with E-state index in [4.69, 9.17) is 0 Å². The van der Waals surface area contributed by atoms with E-state index in [1.165, 1.54) is 16.9 Å². The van der Waals surface area contributed by atoms with Gasteiger partial charge in [-0.15, -0.1) is 0 Å². The molecule has 0 atom stereocenters. The zero-order valence-corrected chi connectivity index (χ0v) is 12.0. The lowest BCUT2D eigenvalue weighted by Gasteiger charge is -2.10. The first kappa shape index (κ1) is 14.9. The van der Waals surface area contributed by atoms with E-state index >= 15 is 0 Å². The van der Waals surface area contributed by atoms with Gasteiger partial charge >= 0.3 is 6.18 Å². The van der Waals surface area contributed by atoms with Crippen LogP contribution in [0.25, 0.3) is 0 Å². The summed E-state index contributed by atoms with van der Waals surface area (Å²) in [6.45, 7) is -1.60. The van der Waals surface area contributed by atoms with Gasteiger partial charge in [0, 0.05) is 8.95 Å². The smallest absolute Gasteiger partial charge is 0.207 e. The van der Waals surface area contributed by atoms with E-state index in [9.17, 15) is 21.6 Å². The largest absolute Gasteiger partial charge is 0.402 e. The molecule has 0 saturated heterocycles. The van der Waals surface area contributed by atoms with E-state index in [1.54, 1.807) is 6.07 Å². The minimum Gasteiger partial charge on any atom is -0.207 e. The lowest BCUT2D eigenvalue weighted by atomic mass is 10.4. The van der Waals surface area contributed by atoms with Crippen LogP contribution < -0.4 is 4.72 Å². The van der Waals surface area contributed by atoms with Crippen molar-refractivity contribution in [1.29, 1.82) is 0 Å². The van der Waals surface area contributed by atoms with E-state index in [2.05, 4.69) is 31.9 Å². The Labute approximate surface area is 113 Å². The fraction of sp³-hybridized carbons (Fsp3) is 0.250. The highest BCUT2D eigenvalue weighted by atomic mass is 79.9. The number of hydrogen-bond acceptors (Lipinski definition) is 2. The third-order valence-electron chi connectivity index (χ3n) is 1.65. The van der Waals surface area contributed by atoms with Gasteiger partial charge in [0.25, 0.3) is 0 Å². The molecule has 0 saturated carbocycles. The van der Waals surface area contributed by atoms with Gasteiger partial charge in [-0.05, 0) is 34.1 Å². The highest BCUT2D eigenvalue weighted by Crippen LogP contribution is 2.26. The van der Waals surface area contributed by atoms with E-state index in [-0.39, 0.29) is 9.37 Å². The third-order valence-corrected chi connectivity index (χ3v) is 4.53. The van der Waals surface area contributed by atoms with Gasteiger partial charge in [-0.2, -0.15) is 13.2 Å². The highest BCUT2D eigenvalue weighted by molar-refractivity contribution is 9.11. The third kappa shape index (κ3) is 4.57. The van der Waals surface area contributed by atoms with E-state index < -0.39 is 22.7 Å². The summed E-state index contributed by atoms with van der Waals surface area (Å²) in [5, 5.41) is 0. The van der Waals surface area contributed by atoms with Crippen LogP contribution in [0.4, 0.5) is 13.2 Å². The summed E-state index contributed by atoms with van der Waals surface area (Å²) >= 11 is 6.01. The summed E-state index contributed by atoms with van der Waals surface area (Å²) in [4.78, 5) is -0.254. The number of alkyl halides is 3. The van der Waals surface area contributed by atoms with Crippen LogP contribution >= 0.6 is 31.9 Å². The molecule has 96 valence electrons. The molecule has 9 heteroatoms. The number of hydrogen-bond donors (Lipinski definition) is 1. The van der Waals surface area contributed by atoms with Gasteiger partial charge < -0.3 is 0 Å². The van der Waals surface area contributed by atoms with Crippen molar-refractivity contribution in [1.82, 2.24) is 4.72 Å². The maximum absolute atomic E-state index is 11.9. The molecular formula is C8H6Br2F3NO2S. The molecule has 1 N–H and O–H groups in total. The lowest BCUT2D eigenvalue weighted by molar-refractivity contribution is -0.121. The molecule has 0 unspecified atom stereocenters. The molecule has 0 bridgehead atoms. The van der Waals surface area contributed by atoms with Gasteiger partial charge in [0.05, 0.1) is 4.90 Å². The second-order valence-corrected chi connectivity index (χ2v) is 6.52. The quantitative estimate of drug-likeness (QED) is 0.853. The summed E-state index contributed by atoms with van der Waals surface area (Å²) in [6, 6.07) is 4.20. The molecular weight excluding hydrogens is 391 g/mol. The SMILES string of the molecule is O=S(=O)(NCC(F)(F)F)c1cc(Br)ccc1Br. The van der Waals surface area contributed by atoms with Crippen molar-refractivity contribution in [3.05, 3.63) is 27.1 Å². The van der Waals surface area contributed by atoms with Crippen LogP contribution in [0.3, 0.4) is 0 Å². The molecule has 3 nitrogen and oxygen atoms in total. The topological polar surface area (TPSA) is 46.2 Å². The van der Waals surface area contributed by atoms with Crippen molar-refractivity contribution in [2.24, 2.45) is 0 Å². The number of sulfonamides is 1. The maximum atomic E-state index is 11.9. The Morgan fingerprint density at radius 1 is 1.24 bits per heavy atom. The number of nitrogens with one attached hydrogen (secondary N) is 1. The van der Waals surface area contributed by atoms with Gasteiger partial charge in [0.1, 0.15) is 6.54 Å². The van der Waals surface area contributed by atoms with Crippen LogP contribution in [0.1, 0.15) is 0 Å². The summed E-state index contributed by atoms with van der Waals surface area (Å²) < 4.78 is 61.1. The zero-order valence-electron chi connectivity index (χ0n) is 8.05. The molecule has 0 fully saturated rings. The van der Waals surface area contributed by atoms with Crippen LogP contribution in [0.5, 0.6) is 0 Å². The lowest BCUT2D eigenvalue weighted by Crippen LogP contribution is -2.33. The minimum atomic E-state index is -4.59. The monoisotopic (exact) mass is 395 g/mol. The van der Waals surface area contributed by atoms with E-state index in [0.29, 0.717) is 4.47 Å². The number of rotatable bonds is 3. The Bertz CT molecular complexity index is 516. The fourth-order valence-corrected chi connectivity index (χ4v) is 3.45. The van der Waals surface area contributed by atoms with E-state index in [1.807, 2.05) is 0 Å². The van der Waals surface area contributed by atoms with Crippen molar-refractivity contribution in [3.63, 3.8) is 0 Å². The fourth-order valence-electron chi connectivity index (χ4n) is 0.938. The molecule has 1 rings (SSSR count). The molecule has 0 spiro atoms. The normalized spacial score (nSPS) is 12.8. The number of benzene rings is 1. The second-order valence-electron chi connectivity index (χ2n) is 3.01. The molecule has 0 aliphatic heterocycles. The van der Waals surface area contributed by atoms with Gasteiger partial charge in [-0.25, -0.2) is 13.1 Å². The first-order valence-electron chi connectivity index (χ1n) is 4.13. The first-order chi connectivity index (χ1) is 7.62. The van der Waals surface area contributed by atoms with Crippen LogP contribution in [0, 0.1) is 0 Å². The highest BCUT2D eigenvalue weighted by Gasteiger charge is 2.30. The predicted octanol–water partition coefficient (Wildman–Crippen LogP) is 3.05. The van der Waals surface area contributed by atoms with Crippen LogP contribution in [0.2, 0.25) is 0 Å². The van der Waals surface area contributed by atoms with Crippen LogP contribution in [-0.4, -0.2) is 21.1 Å². The van der Waals surface area contributed by atoms with Gasteiger partial charge in [-0.1, -0.05) is 15.9 Å². The Morgan fingerprint density at radius 2 is 1.82 bits per heavy atom. The summed E-state index contributed by atoms with van der Waals surface area (Å²) in [5.41, 5.74) is 0. The zero-order chi connectivity index (χ0) is 13.3. The Balaban J connectivity index is 3.02. The van der Waals surface area contributed by atoms with Gasteiger partial charge in [0.2, 0.25) is 10.0 Å². The van der Waals surface area contributed by atoms with Crippen molar-refractivity contribution in [2.75, 3.05) is 6.54 Å². The summed E-state index contributed by atoms with van der Waals surface area (Å²) in [6.07, 6.45) is -4.59. The Morgan fingerprint density at radius 3 is 2.35 bits per heavy atom. The molecule has 0 aliphatic rings. The van der Waals surface area contributed by atoms with Crippen LogP contribution in [-0.2, 0) is 10.0 Å². The second kappa shape index (κ2) is 5.25. The summed E-state index contributed by atoms with van der Waals surface area (Å²) in [5.74, 6) is 0. The maximum Gasteiger partial charge on any atom is 0.402 e. The van der Waals surface area contributed by atoms with Gasteiger partial charge in [0.15, 0.2) is 0 Å². The molecule has 0 amide bonds. The summed E-state index contributed by atoms with van der Waals surface area (Å²) in [7, 11) is -4.19. The van der Waals surface area contributed by atoms with Crippen molar-refractivity contribution < 1.29 is 21.6 Å². The predicted molar refractivity (Wildman–Crippen MR) is 63.1 cm³/mol. The molecule has 0 heterocycles. The Kier molecular flexibility index (Phi) is 4.61. The average Bonchev–Trinajstić information content (AvgIpc) is 2.18. The average molecular weight is 397 g/mol. The van der Waals surface area contributed by atoms with Gasteiger partial charge in [-0.3, -0.25) is 0 Å². The molecule has 17 heavy (non-hydrogen) atoms.